The fourth-order valence-corrected chi connectivity index (χ4v) is 3.51. The molecule has 0 aliphatic carbocycles. The van der Waals surface area contributed by atoms with E-state index in [-0.39, 0.29) is 17.7 Å². The van der Waals surface area contributed by atoms with E-state index in [0.717, 1.165) is 9.35 Å². The van der Waals surface area contributed by atoms with Gasteiger partial charge in [-0.25, -0.2) is 0 Å². The lowest BCUT2D eigenvalue weighted by Crippen LogP contribution is -2.43. The minimum absolute atomic E-state index is 0.0453. The summed E-state index contributed by atoms with van der Waals surface area (Å²) in [6, 6.07) is 2.02. The normalized spacial score (nSPS) is 19.4. The van der Waals surface area contributed by atoms with Crippen molar-refractivity contribution in [2.75, 3.05) is 13.6 Å². The van der Waals surface area contributed by atoms with Crippen molar-refractivity contribution in [3.8, 4) is 0 Å². The van der Waals surface area contributed by atoms with Crippen LogP contribution in [0.25, 0.3) is 0 Å². The van der Waals surface area contributed by atoms with Crippen LogP contribution in [0, 0.1) is 5.92 Å². The van der Waals surface area contributed by atoms with Crippen LogP contribution >= 0.6 is 27.3 Å². The average molecular weight is 331 g/mol. The first-order chi connectivity index (χ1) is 8.56. The molecule has 1 aliphatic rings. The summed E-state index contributed by atoms with van der Waals surface area (Å²) in [5.41, 5.74) is 0. The number of thiophene rings is 1. The number of nitrogens with zero attached hydrogens (tertiary/aromatic N) is 1. The van der Waals surface area contributed by atoms with E-state index in [9.17, 15) is 9.59 Å². The van der Waals surface area contributed by atoms with Crippen molar-refractivity contribution in [2.45, 2.75) is 19.4 Å². The molecule has 1 aromatic heterocycles. The van der Waals surface area contributed by atoms with E-state index < -0.39 is 0 Å². The lowest BCUT2D eigenvalue weighted by atomic mass is 9.98. The third-order valence-corrected chi connectivity index (χ3v) is 4.69. The fraction of sp³-hybridized carbons (Fsp3) is 0.500. The summed E-state index contributed by atoms with van der Waals surface area (Å²) in [6.45, 7) is 1.09. The van der Waals surface area contributed by atoms with Crippen molar-refractivity contribution >= 4 is 39.1 Å². The number of hydrogen-bond acceptors (Lipinski definition) is 3. The summed E-state index contributed by atoms with van der Waals surface area (Å²) in [7, 11) is 1.81. The van der Waals surface area contributed by atoms with E-state index in [1.807, 2.05) is 18.5 Å². The number of nitrogens with one attached hydrogen (secondary N) is 1. The number of carbonyl (C=O) groups is 2. The van der Waals surface area contributed by atoms with Crippen LogP contribution in [-0.2, 0) is 16.1 Å². The zero-order valence-electron chi connectivity index (χ0n) is 10.1. The largest absolute Gasteiger partial charge is 0.355 e. The van der Waals surface area contributed by atoms with Crippen LogP contribution in [0.15, 0.2) is 15.9 Å². The molecule has 1 N–H and O–H groups in total. The second-order valence-electron chi connectivity index (χ2n) is 4.47. The number of piperidine rings is 1. The second-order valence-corrected chi connectivity index (χ2v) is 6.38. The van der Waals surface area contributed by atoms with E-state index in [1.165, 1.54) is 0 Å². The van der Waals surface area contributed by atoms with Crippen LogP contribution in [0.5, 0.6) is 0 Å². The predicted molar refractivity (Wildman–Crippen MR) is 74.2 cm³/mol. The van der Waals surface area contributed by atoms with Gasteiger partial charge in [0.25, 0.3) is 0 Å². The lowest BCUT2D eigenvalue weighted by Gasteiger charge is -2.26. The Bertz CT molecular complexity index is 451. The SMILES string of the molecule is CN(Cc1cc(Br)cs1)C(=O)C1CCC(=O)NC1. The fourth-order valence-electron chi connectivity index (χ4n) is 2.00. The van der Waals surface area contributed by atoms with Gasteiger partial charge in [0.05, 0.1) is 12.5 Å². The van der Waals surface area contributed by atoms with Gasteiger partial charge in [0.1, 0.15) is 0 Å². The summed E-state index contributed by atoms with van der Waals surface area (Å²) in [4.78, 5) is 26.1. The molecule has 0 saturated carbocycles. The van der Waals surface area contributed by atoms with Crippen LogP contribution in [-0.4, -0.2) is 30.3 Å². The molecule has 6 heteroatoms. The molecular formula is C12H15BrN2O2S. The van der Waals surface area contributed by atoms with Crippen molar-refractivity contribution in [1.82, 2.24) is 10.2 Å². The van der Waals surface area contributed by atoms with Crippen LogP contribution in [0.2, 0.25) is 0 Å². The van der Waals surface area contributed by atoms with Crippen molar-refractivity contribution in [1.29, 1.82) is 0 Å². The van der Waals surface area contributed by atoms with Gasteiger partial charge in [0.2, 0.25) is 11.8 Å². The Kier molecular flexibility index (Phi) is 4.40. The maximum absolute atomic E-state index is 12.2. The van der Waals surface area contributed by atoms with Crippen molar-refractivity contribution in [3.05, 3.63) is 20.8 Å². The van der Waals surface area contributed by atoms with Gasteiger partial charge in [-0.1, -0.05) is 0 Å². The molecule has 1 aromatic rings. The molecule has 2 rings (SSSR count). The first-order valence-electron chi connectivity index (χ1n) is 5.81. The first kappa shape index (κ1) is 13.5. The summed E-state index contributed by atoms with van der Waals surface area (Å²) in [6.07, 6.45) is 1.11. The van der Waals surface area contributed by atoms with Gasteiger partial charge in [0.15, 0.2) is 0 Å². The molecule has 4 nitrogen and oxygen atoms in total. The third kappa shape index (κ3) is 3.32. The Balaban J connectivity index is 1.90. The molecule has 18 heavy (non-hydrogen) atoms. The molecule has 0 spiro atoms. The van der Waals surface area contributed by atoms with Crippen molar-refractivity contribution < 1.29 is 9.59 Å². The topological polar surface area (TPSA) is 49.4 Å². The first-order valence-corrected chi connectivity index (χ1v) is 7.48. The molecule has 0 bridgehead atoms. The van der Waals surface area contributed by atoms with Crippen LogP contribution in [0.1, 0.15) is 17.7 Å². The monoisotopic (exact) mass is 330 g/mol. The zero-order valence-corrected chi connectivity index (χ0v) is 12.5. The number of hydrogen-bond donors (Lipinski definition) is 1. The third-order valence-electron chi connectivity index (χ3n) is 3.01. The minimum Gasteiger partial charge on any atom is -0.355 e. The number of rotatable bonds is 3. The van der Waals surface area contributed by atoms with Crippen LogP contribution < -0.4 is 5.32 Å². The molecule has 2 amide bonds. The Morgan fingerprint density at radius 1 is 1.67 bits per heavy atom. The number of amides is 2. The highest BCUT2D eigenvalue weighted by Crippen LogP contribution is 2.22. The smallest absolute Gasteiger partial charge is 0.227 e. The molecule has 0 radical (unpaired) electrons. The van der Waals surface area contributed by atoms with Crippen molar-refractivity contribution in [3.63, 3.8) is 0 Å². The van der Waals surface area contributed by atoms with Gasteiger partial charge < -0.3 is 10.2 Å². The summed E-state index contributed by atoms with van der Waals surface area (Å²) in [5.74, 6) is 0.0829. The van der Waals surface area contributed by atoms with Crippen molar-refractivity contribution in [2.24, 2.45) is 5.92 Å². The van der Waals surface area contributed by atoms with Gasteiger partial charge >= 0.3 is 0 Å². The molecule has 98 valence electrons. The average Bonchev–Trinajstić information content (AvgIpc) is 2.75. The Labute approximate surface area is 118 Å². The molecule has 0 aromatic carbocycles. The summed E-state index contributed by atoms with van der Waals surface area (Å²) in [5, 5.41) is 4.75. The number of halogens is 1. The van der Waals surface area contributed by atoms with Gasteiger partial charge in [-0.2, -0.15) is 0 Å². The van der Waals surface area contributed by atoms with Gasteiger partial charge in [0, 0.05) is 34.7 Å². The Hall–Kier alpha value is -0.880. The van der Waals surface area contributed by atoms with Crippen LogP contribution in [0.4, 0.5) is 0 Å². The molecular weight excluding hydrogens is 316 g/mol. The molecule has 1 unspecified atom stereocenters. The standard InChI is InChI=1S/C12H15BrN2O2S/c1-15(6-10-4-9(13)7-18-10)12(17)8-2-3-11(16)14-5-8/h4,7-8H,2-3,5-6H2,1H3,(H,14,16). The van der Waals surface area contributed by atoms with Crippen LogP contribution in [0.3, 0.4) is 0 Å². The zero-order chi connectivity index (χ0) is 13.1. The quantitative estimate of drug-likeness (QED) is 0.921. The highest BCUT2D eigenvalue weighted by atomic mass is 79.9. The highest BCUT2D eigenvalue weighted by Gasteiger charge is 2.26. The highest BCUT2D eigenvalue weighted by molar-refractivity contribution is 9.10. The molecule has 1 fully saturated rings. The summed E-state index contributed by atoms with van der Waals surface area (Å²) < 4.78 is 1.05. The predicted octanol–water partition coefficient (Wildman–Crippen LogP) is 2.00. The second kappa shape index (κ2) is 5.84. The van der Waals surface area contributed by atoms with E-state index >= 15 is 0 Å². The van der Waals surface area contributed by atoms with Gasteiger partial charge in [-0.3, -0.25) is 9.59 Å². The van der Waals surface area contributed by atoms with E-state index in [4.69, 9.17) is 0 Å². The Morgan fingerprint density at radius 2 is 2.44 bits per heavy atom. The molecule has 2 heterocycles. The lowest BCUT2D eigenvalue weighted by molar-refractivity contribution is -0.136. The number of carbonyl (C=O) groups excluding carboxylic acids is 2. The Morgan fingerprint density at radius 3 is 3.00 bits per heavy atom. The van der Waals surface area contributed by atoms with E-state index in [1.54, 1.807) is 16.2 Å². The molecule has 1 saturated heterocycles. The molecule has 1 aliphatic heterocycles. The maximum Gasteiger partial charge on any atom is 0.227 e. The van der Waals surface area contributed by atoms with E-state index in [0.29, 0.717) is 25.9 Å². The van der Waals surface area contributed by atoms with E-state index in [2.05, 4.69) is 21.2 Å². The summed E-state index contributed by atoms with van der Waals surface area (Å²) >= 11 is 5.03. The molecule has 1 atom stereocenters. The maximum atomic E-state index is 12.2. The van der Waals surface area contributed by atoms with Gasteiger partial charge in [-0.05, 0) is 28.4 Å². The van der Waals surface area contributed by atoms with Gasteiger partial charge in [-0.15, -0.1) is 11.3 Å². The minimum atomic E-state index is -0.0731.